The fraction of sp³-hybridized carbons (Fsp3) is 0.0870. The Bertz CT molecular complexity index is 1170. The lowest BCUT2D eigenvalue weighted by Gasteiger charge is -2.08. The number of rotatable bonds is 7. The molecule has 0 unspecified atom stereocenters. The van der Waals surface area contributed by atoms with Crippen LogP contribution in [0.4, 0.5) is 11.4 Å². The number of furan rings is 1. The fourth-order valence-corrected chi connectivity index (χ4v) is 3.59. The summed E-state index contributed by atoms with van der Waals surface area (Å²) in [6, 6.07) is 15.6. The number of carbonyl (C=O) groups excluding carboxylic acids is 2. The van der Waals surface area contributed by atoms with E-state index >= 15 is 0 Å². The van der Waals surface area contributed by atoms with Gasteiger partial charge < -0.3 is 19.8 Å². The maximum Gasteiger partial charge on any atom is 0.275 e. The molecule has 31 heavy (non-hydrogen) atoms. The second kappa shape index (κ2) is 9.27. The van der Waals surface area contributed by atoms with Crippen molar-refractivity contribution >= 4 is 34.5 Å². The lowest BCUT2D eigenvalue weighted by Crippen LogP contribution is -2.14. The van der Waals surface area contributed by atoms with Crippen molar-refractivity contribution in [2.75, 3.05) is 17.2 Å². The Kier molecular flexibility index (Phi) is 6.09. The number of hydrogen-bond donors (Lipinski definition) is 2. The number of nitrogens with zero attached hydrogens (tertiary/aromatic N) is 1. The molecule has 4 rings (SSSR count). The van der Waals surface area contributed by atoms with Crippen LogP contribution in [0.25, 0.3) is 10.6 Å². The highest BCUT2D eigenvalue weighted by Crippen LogP contribution is 2.24. The van der Waals surface area contributed by atoms with Gasteiger partial charge >= 0.3 is 0 Å². The summed E-state index contributed by atoms with van der Waals surface area (Å²) in [5.74, 6) is 0.182. The van der Waals surface area contributed by atoms with E-state index in [1.807, 2.05) is 6.92 Å². The van der Waals surface area contributed by atoms with E-state index in [2.05, 4.69) is 15.6 Å². The molecule has 156 valence electrons. The van der Waals surface area contributed by atoms with Gasteiger partial charge in [0.15, 0.2) is 0 Å². The summed E-state index contributed by atoms with van der Waals surface area (Å²) in [5, 5.41) is 8.02. The van der Waals surface area contributed by atoms with E-state index in [0.29, 0.717) is 34.2 Å². The molecule has 0 radical (unpaired) electrons. The first-order valence-electron chi connectivity index (χ1n) is 9.56. The van der Waals surface area contributed by atoms with Crippen LogP contribution in [-0.2, 0) is 0 Å². The van der Waals surface area contributed by atoms with E-state index in [-0.39, 0.29) is 11.8 Å². The van der Waals surface area contributed by atoms with Crippen molar-refractivity contribution in [2.24, 2.45) is 0 Å². The van der Waals surface area contributed by atoms with Crippen LogP contribution < -0.4 is 15.4 Å². The van der Waals surface area contributed by atoms with Gasteiger partial charge in [0.25, 0.3) is 11.8 Å². The van der Waals surface area contributed by atoms with Gasteiger partial charge in [-0.1, -0.05) is 0 Å². The van der Waals surface area contributed by atoms with Gasteiger partial charge in [0, 0.05) is 27.9 Å². The first-order valence-corrected chi connectivity index (χ1v) is 10.4. The highest BCUT2D eigenvalue weighted by molar-refractivity contribution is 7.13. The van der Waals surface area contributed by atoms with Crippen LogP contribution in [0, 0.1) is 0 Å². The van der Waals surface area contributed by atoms with Crippen LogP contribution in [0.15, 0.2) is 76.9 Å². The molecule has 8 heteroatoms. The Balaban J connectivity index is 1.36. The first kappa shape index (κ1) is 20.4. The topological polar surface area (TPSA) is 93.5 Å². The normalized spacial score (nSPS) is 10.5. The van der Waals surface area contributed by atoms with Crippen LogP contribution >= 0.6 is 11.3 Å². The number of amides is 2. The van der Waals surface area contributed by atoms with Crippen LogP contribution in [0.2, 0.25) is 0 Å². The van der Waals surface area contributed by atoms with Crippen LogP contribution in [-0.4, -0.2) is 23.4 Å². The van der Waals surface area contributed by atoms with Crippen molar-refractivity contribution in [1.29, 1.82) is 0 Å². The van der Waals surface area contributed by atoms with E-state index in [4.69, 9.17) is 9.15 Å². The quantitative estimate of drug-likeness (QED) is 0.412. The third kappa shape index (κ3) is 4.99. The Morgan fingerprint density at radius 2 is 1.65 bits per heavy atom. The number of hydrogen-bond acceptors (Lipinski definition) is 6. The minimum absolute atomic E-state index is 0.244. The van der Waals surface area contributed by atoms with Crippen LogP contribution in [0.3, 0.4) is 0 Å². The van der Waals surface area contributed by atoms with Crippen molar-refractivity contribution in [1.82, 2.24) is 4.98 Å². The average Bonchev–Trinajstić information content (AvgIpc) is 3.48. The summed E-state index contributed by atoms with van der Waals surface area (Å²) in [6.07, 6.45) is 3.14. The minimum Gasteiger partial charge on any atom is -0.494 e. The Labute approximate surface area is 182 Å². The third-order valence-electron chi connectivity index (χ3n) is 4.33. The molecule has 0 bridgehead atoms. The Hall–Kier alpha value is -3.91. The summed E-state index contributed by atoms with van der Waals surface area (Å²) >= 11 is 1.36. The molecule has 0 spiro atoms. The highest BCUT2D eigenvalue weighted by atomic mass is 32.1. The molecule has 0 fully saturated rings. The molecule has 2 aromatic carbocycles. The van der Waals surface area contributed by atoms with E-state index in [9.17, 15) is 9.59 Å². The zero-order chi connectivity index (χ0) is 21.6. The zero-order valence-electron chi connectivity index (χ0n) is 16.6. The van der Waals surface area contributed by atoms with Crippen molar-refractivity contribution in [2.45, 2.75) is 6.92 Å². The standard InChI is InChI=1S/C23H19N3O4S/c1-2-30-19-9-7-18(8-10-19)24-21(27)15-3-5-17(6-4-15)25-22(28)20-14-31-23(26-20)16-11-12-29-13-16/h3-14H,2H2,1H3,(H,24,27)(H,25,28). The minimum atomic E-state index is -0.322. The zero-order valence-corrected chi connectivity index (χ0v) is 17.4. The van der Waals surface area contributed by atoms with Crippen LogP contribution in [0.1, 0.15) is 27.8 Å². The number of ether oxygens (including phenoxy) is 1. The number of aromatic nitrogens is 1. The average molecular weight is 433 g/mol. The molecule has 0 atom stereocenters. The predicted molar refractivity (Wildman–Crippen MR) is 120 cm³/mol. The summed E-state index contributed by atoms with van der Waals surface area (Å²) in [7, 11) is 0. The van der Waals surface area contributed by atoms with Crippen LogP contribution in [0.5, 0.6) is 5.75 Å². The van der Waals surface area contributed by atoms with Crippen molar-refractivity contribution in [3.05, 3.63) is 83.8 Å². The Morgan fingerprint density at radius 3 is 2.29 bits per heavy atom. The fourth-order valence-electron chi connectivity index (χ4n) is 2.80. The van der Waals surface area contributed by atoms with Crippen molar-refractivity contribution in [3.8, 4) is 16.3 Å². The van der Waals surface area contributed by atoms with Gasteiger partial charge in [0.2, 0.25) is 0 Å². The lowest BCUT2D eigenvalue weighted by atomic mass is 10.2. The molecule has 2 N–H and O–H groups in total. The second-order valence-electron chi connectivity index (χ2n) is 6.49. The van der Waals surface area contributed by atoms with E-state index in [1.54, 1.807) is 72.5 Å². The summed E-state index contributed by atoms with van der Waals surface area (Å²) < 4.78 is 10.4. The van der Waals surface area contributed by atoms with Gasteiger partial charge in [-0.05, 0) is 61.5 Å². The molecule has 0 aliphatic carbocycles. The molecular weight excluding hydrogens is 414 g/mol. The smallest absolute Gasteiger partial charge is 0.275 e. The number of benzene rings is 2. The molecule has 2 heterocycles. The third-order valence-corrected chi connectivity index (χ3v) is 5.22. The van der Waals surface area contributed by atoms with Gasteiger partial charge in [-0.15, -0.1) is 11.3 Å². The number of anilines is 2. The Morgan fingerprint density at radius 1 is 0.968 bits per heavy atom. The summed E-state index contributed by atoms with van der Waals surface area (Å²) in [4.78, 5) is 29.2. The molecule has 2 amide bonds. The van der Waals surface area contributed by atoms with E-state index < -0.39 is 0 Å². The van der Waals surface area contributed by atoms with Crippen molar-refractivity contribution in [3.63, 3.8) is 0 Å². The molecule has 7 nitrogen and oxygen atoms in total. The second-order valence-corrected chi connectivity index (χ2v) is 7.35. The summed E-state index contributed by atoms with van der Waals surface area (Å²) in [6.45, 7) is 2.50. The number of carbonyl (C=O) groups is 2. The molecule has 0 saturated carbocycles. The lowest BCUT2D eigenvalue weighted by molar-refractivity contribution is 0.101. The predicted octanol–water partition coefficient (Wildman–Crippen LogP) is 5.31. The molecular formula is C23H19N3O4S. The first-order chi connectivity index (χ1) is 15.1. The monoisotopic (exact) mass is 433 g/mol. The SMILES string of the molecule is CCOc1ccc(NC(=O)c2ccc(NC(=O)c3csc(-c4ccoc4)n3)cc2)cc1. The van der Waals surface area contributed by atoms with Crippen molar-refractivity contribution < 1.29 is 18.7 Å². The molecule has 0 aliphatic heterocycles. The molecule has 0 aliphatic rings. The van der Waals surface area contributed by atoms with E-state index in [0.717, 1.165) is 11.3 Å². The van der Waals surface area contributed by atoms with Gasteiger partial charge in [0.05, 0.1) is 12.9 Å². The van der Waals surface area contributed by atoms with Gasteiger partial charge in [-0.25, -0.2) is 4.98 Å². The molecule has 2 aromatic heterocycles. The van der Waals surface area contributed by atoms with Gasteiger partial charge in [0.1, 0.15) is 22.7 Å². The van der Waals surface area contributed by atoms with E-state index in [1.165, 1.54) is 11.3 Å². The molecule has 0 saturated heterocycles. The maximum atomic E-state index is 12.5. The number of nitrogens with one attached hydrogen (secondary N) is 2. The number of thiazole rings is 1. The summed E-state index contributed by atoms with van der Waals surface area (Å²) in [5.41, 5.74) is 2.86. The van der Waals surface area contributed by atoms with Gasteiger partial charge in [-0.3, -0.25) is 9.59 Å². The highest BCUT2D eigenvalue weighted by Gasteiger charge is 2.13. The maximum absolute atomic E-state index is 12.5. The van der Waals surface area contributed by atoms with Gasteiger partial charge in [-0.2, -0.15) is 0 Å². The largest absolute Gasteiger partial charge is 0.494 e. The molecule has 4 aromatic rings.